The molecule has 166 valence electrons. The summed E-state index contributed by atoms with van der Waals surface area (Å²) >= 11 is 0. The van der Waals surface area contributed by atoms with Crippen LogP contribution in [0, 0.1) is 5.92 Å². The molecule has 0 bridgehead atoms. The van der Waals surface area contributed by atoms with Crippen molar-refractivity contribution in [1.29, 1.82) is 0 Å². The molecular formula is C23H29N3O4S. The van der Waals surface area contributed by atoms with Gasteiger partial charge in [0.15, 0.2) is 0 Å². The van der Waals surface area contributed by atoms with E-state index in [1.165, 1.54) is 16.4 Å². The van der Waals surface area contributed by atoms with Gasteiger partial charge in [-0.3, -0.25) is 9.59 Å². The van der Waals surface area contributed by atoms with Crippen molar-refractivity contribution in [3.63, 3.8) is 0 Å². The first-order chi connectivity index (χ1) is 14.8. The number of benzene rings is 2. The summed E-state index contributed by atoms with van der Waals surface area (Å²) in [5.74, 6) is -0.182. The Morgan fingerprint density at radius 1 is 0.935 bits per heavy atom. The SMILES string of the molecule is CC(C)CC(=O)Nc1ccc(NC(=O)c2cccc(S(=O)(=O)N3CCCCC3)c2)cc1. The van der Waals surface area contributed by atoms with Gasteiger partial charge in [-0.05, 0) is 61.2 Å². The van der Waals surface area contributed by atoms with Crippen LogP contribution in [0.2, 0.25) is 0 Å². The highest BCUT2D eigenvalue weighted by Gasteiger charge is 2.26. The van der Waals surface area contributed by atoms with Gasteiger partial charge in [0, 0.05) is 36.4 Å². The average Bonchev–Trinajstić information content (AvgIpc) is 2.75. The zero-order chi connectivity index (χ0) is 22.4. The molecule has 2 aromatic carbocycles. The molecule has 7 nitrogen and oxygen atoms in total. The molecule has 1 fully saturated rings. The summed E-state index contributed by atoms with van der Waals surface area (Å²) in [4.78, 5) is 24.7. The number of anilines is 2. The van der Waals surface area contributed by atoms with Crippen LogP contribution >= 0.6 is 0 Å². The molecule has 3 rings (SSSR count). The van der Waals surface area contributed by atoms with E-state index in [-0.39, 0.29) is 22.3 Å². The first-order valence-electron chi connectivity index (χ1n) is 10.6. The maximum absolute atomic E-state index is 12.9. The van der Waals surface area contributed by atoms with Gasteiger partial charge in [0.25, 0.3) is 5.91 Å². The normalized spacial score (nSPS) is 14.9. The number of carbonyl (C=O) groups is 2. The molecule has 0 radical (unpaired) electrons. The zero-order valence-electron chi connectivity index (χ0n) is 17.9. The molecule has 0 aliphatic carbocycles. The minimum atomic E-state index is -3.60. The Kier molecular flexibility index (Phi) is 7.46. The van der Waals surface area contributed by atoms with Crippen LogP contribution in [0.5, 0.6) is 0 Å². The molecule has 0 aromatic heterocycles. The minimum Gasteiger partial charge on any atom is -0.326 e. The van der Waals surface area contributed by atoms with E-state index in [0.29, 0.717) is 30.9 Å². The number of nitrogens with one attached hydrogen (secondary N) is 2. The van der Waals surface area contributed by atoms with Crippen LogP contribution in [0.25, 0.3) is 0 Å². The molecule has 31 heavy (non-hydrogen) atoms. The maximum atomic E-state index is 12.9. The van der Waals surface area contributed by atoms with Crippen molar-refractivity contribution in [1.82, 2.24) is 4.31 Å². The summed E-state index contributed by atoms with van der Waals surface area (Å²) in [5.41, 5.74) is 1.47. The van der Waals surface area contributed by atoms with E-state index in [9.17, 15) is 18.0 Å². The van der Waals surface area contributed by atoms with Gasteiger partial charge in [-0.25, -0.2) is 8.42 Å². The summed E-state index contributed by atoms with van der Waals surface area (Å²) in [6.07, 6.45) is 3.18. The van der Waals surface area contributed by atoms with Crippen LogP contribution in [-0.4, -0.2) is 37.6 Å². The Bertz CT molecular complexity index is 1030. The maximum Gasteiger partial charge on any atom is 0.255 e. The van der Waals surface area contributed by atoms with Gasteiger partial charge >= 0.3 is 0 Å². The molecule has 2 amide bonds. The molecule has 1 aliphatic rings. The fourth-order valence-corrected chi connectivity index (χ4v) is 5.04. The van der Waals surface area contributed by atoms with Crippen LogP contribution in [0.15, 0.2) is 53.4 Å². The van der Waals surface area contributed by atoms with Gasteiger partial charge in [0.05, 0.1) is 4.90 Å². The molecule has 2 aromatic rings. The minimum absolute atomic E-state index is 0.0569. The van der Waals surface area contributed by atoms with E-state index in [4.69, 9.17) is 0 Å². The number of amides is 2. The van der Waals surface area contributed by atoms with E-state index in [0.717, 1.165) is 19.3 Å². The molecule has 0 saturated carbocycles. The number of sulfonamides is 1. The van der Waals surface area contributed by atoms with Crippen molar-refractivity contribution in [2.24, 2.45) is 5.92 Å². The molecule has 8 heteroatoms. The van der Waals surface area contributed by atoms with Crippen LogP contribution < -0.4 is 10.6 Å². The third-order valence-electron chi connectivity index (χ3n) is 5.07. The summed E-state index contributed by atoms with van der Waals surface area (Å²) in [6, 6.07) is 12.9. The lowest BCUT2D eigenvalue weighted by Crippen LogP contribution is -2.35. The quantitative estimate of drug-likeness (QED) is 0.673. The Morgan fingerprint density at radius 3 is 2.16 bits per heavy atom. The van der Waals surface area contributed by atoms with Crippen molar-refractivity contribution in [3.05, 3.63) is 54.1 Å². The van der Waals surface area contributed by atoms with E-state index in [1.807, 2.05) is 13.8 Å². The Hall–Kier alpha value is -2.71. The number of piperidine rings is 1. The summed E-state index contributed by atoms with van der Waals surface area (Å²) in [6.45, 7) is 4.98. The summed E-state index contributed by atoms with van der Waals surface area (Å²) in [5, 5.41) is 5.59. The Balaban J connectivity index is 1.67. The monoisotopic (exact) mass is 443 g/mol. The number of hydrogen-bond donors (Lipinski definition) is 2. The second-order valence-electron chi connectivity index (χ2n) is 8.17. The van der Waals surface area contributed by atoms with Crippen molar-refractivity contribution < 1.29 is 18.0 Å². The lowest BCUT2D eigenvalue weighted by molar-refractivity contribution is -0.116. The molecule has 0 unspecified atom stereocenters. The van der Waals surface area contributed by atoms with E-state index < -0.39 is 15.9 Å². The summed E-state index contributed by atoms with van der Waals surface area (Å²) in [7, 11) is -3.60. The lowest BCUT2D eigenvalue weighted by Gasteiger charge is -2.26. The molecule has 0 spiro atoms. The molecule has 1 saturated heterocycles. The second-order valence-corrected chi connectivity index (χ2v) is 10.1. The van der Waals surface area contributed by atoms with Crippen molar-refractivity contribution >= 4 is 33.2 Å². The number of nitrogens with zero attached hydrogens (tertiary/aromatic N) is 1. The van der Waals surface area contributed by atoms with Gasteiger partial charge in [0.1, 0.15) is 0 Å². The van der Waals surface area contributed by atoms with Gasteiger partial charge in [-0.1, -0.05) is 26.3 Å². The predicted molar refractivity (Wildman–Crippen MR) is 122 cm³/mol. The number of carbonyl (C=O) groups excluding carboxylic acids is 2. The highest BCUT2D eigenvalue weighted by atomic mass is 32.2. The highest BCUT2D eigenvalue weighted by Crippen LogP contribution is 2.22. The third kappa shape index (κ3) is 6.15. The van der Waals surface area contributed by atoms with E-state index in [2.05, 4.69) is 10.6 Å². The van der Waals surface area contributed by atoms with Gasteiger partial charge in [0.2, 0.25) is 15.9 Å². The fourth-order valence-electron chi connectivity index (χ4n) is 3.48. The standard InChI is InChI=1S/C23H29N3O4S/c1-17(2)15-22(27)24-19-9-11-20(12-10-19)25-23(28)18-7-6-8-21(16-18)31(29,30)26-13-4-3-5-14-26/h6-12,16-17H,3-5,13-15H2,1-2H3,(H,24,27)(H,25,28). The number of rotatable bonds is 7. The first-order valence-corrected chi connectivity index (χ1v) is 12.0. The predicted octanol–water partition coefficient (Wildman–Crippen LogP) is 4.10. The third-order valence-corrected chi connectivity index (χ3v) is 6.96. The molecule has 0 atom stereocenters. The molecule has 2 N–H and O–H groups in total. The first kappa shape index (κ1) is 23.0. The van der Waals surface area contributed by atoms with Crippen molar-refractivity contribution in [2.75, 3.05) is 23.7 Å². The number of hydrogen-bond acceptors (Lipinski definition) is 4. The van der Waals surface area contributed by atoms with E-state index >= 15 is 0 Å². The smallest absolute Gasteiger partial charge is 0.255 e. The topological polar surface area (TPSA) is 95.6 Å². The lowest BCUT2D eigenvalue weighted by atomic mass is 10.1. The van der Waals surface area contributed by atoms with E-state index in [1.54, 1.807) is 36.4 Å². The van der Waals surface area contributed by atoms with Gasteiger partial charge < -0.3 is 10.6 Å². The Labute approximate surface area is 183 Å². The van der Waals surface area contributed by atoms with Crippen LogP contribution in [-0.2, 0) is 14.8 Å². The molecule has 1 aliphatic heterocycles. The summed E-state index contributed by atoms with van der Waals surface area (Å²) < 4.78 is 27.2. The van der Waals surface area contributed by atoms with Crippen molar-refractivity contribution in [2.45, 2.75) is 44.4 Å². The average molecular weight is 444 g/mol. The Morgan fingerprint density at radius 2 is 1.55 bits per heavy atom. The highest BCUT2D eigenvalue weighted by molar-refractivity contribution is 7.89. The van der Waals surface area contributed by atoms with Crippen molar-refractivity contribution in [3.8, 4) is 0 Å². The van der Waals surface area contributed by atoms with Crippen LogP contribution in [0.3, 0.4) is 0 Å². The zero-order valence-corrected chi connectivity index (χ0v) is 18.7. The fraction of sp³-hybridized carbons (Fsp3) is 0.391. The van der Waals surface area contributed by atoms with Gasteiger partial charge in [-0.2, -0.15) is 4.31 Å². The molecular weight excluding hydrogens is 414 g/mol. The van der Waals surface area contributed by atoms with Crippen LogP contribution in [0.4, 0.5) is 11.4 Å². The largest absolute Gasteiger partial charge is 0.326 e. The second kappa shape index (κ2) is 10.1. The molecule has 1 heterocycles. The van der Waals surface area contributed by atoms with Crippen LogP contribution in [0.1, 0.15) is 49.9 Å². The van der Waals surface area contributed by atoms with Gasteiger partial charge in [-0.15, -0.1) is 0 Å².